The van der Waals surface area contributed by atoms with Gasteiger partial charge in [-0.25, -0.2) is 18.7 Å². The summed E-state index contributed by atoms with van der Waals surface area (Å²) in [6.45, 7) is 0.359. The first-order valence-electron chi connectivity index (χ1n) is 7.00. The summed E-state index contributed by atoms with van der Waals surface area (Å²) in [7, 11) is 0. The number of nitrogens with zero attached hydrogens (tertiary/aromatic N) is 3. The van der Waals surface area contributed by atoms with Crippen molar-refractivity contribution in [2.24, 2.45) is 0 Å². The first-order chi connectivity index (χ1) is 11.2. The van der Waals surface area contributed by atoms with E-state index in [9.17, 15) is 8.78 Å². The van der Waals surface area contributed by atoms with Gasteiger partial charge in [-0.1, -0.05) is 18.2 Å². The highest BCUT2D eigenvalue weighted by Crippen LogP contribution is 2.21. The summed E-state index contributed by atoms with van der Waals surface area (Å²) in [5.41, 5.74) is 2.46. The van der Waals surface area contributed by atoms with Crippen molar-refractivity contribution in [3.05, 3.63) is 72.4 Å². The highest BCUT2D eigenvalue weighted by Gasteiger charge is 2.11. The van der Waals surface area contributed by atoms with Crippen LogP contribution in [-0.2, 0) is 6.54 Å². The molecule has 2 heterocycles. The Labute approximate surface area is 130 Å². The van der Waals surface area contributed by atoms with Gasteiger partial charge in [0, 0.05) is 17.7 Å². The summed E-state index contributed by atoms with van der Waals surface area (Å²) >= 11 is 0. The van der Waals surface area contributed by atoms with Crippen molar-refractivity contribution in [2.45, 2.75) is 6.54 Å². The third-order valence-corrected chi connectivity index (χ3v) is 3.57. The van der Waals surface area contributed by atoms with E-state index in [0.717, 1.165) is 17.7 Å². The van der Waals surface area contributed by atoms with Crippen molar-refractivity contribution in [1.82, 2.24) is 14.5 Å². The molecule has 6 heteroatoms. The molecular formula is C17H11F2N3O. The maximum Gasteiger partial charge on any atom is 0.226 e. The Bertz CT molecular complexity index is 976. The van der Waals surface area contributed by atoms with Gasteiger partial charge in [0.15, 0.2) is 11.6 Å². The maximum absolute atomic E-state index is 13.4. The molecule has 0 bridgehead atoms. The van der Waals surface area contributed by atoms with E-state index in [1.165, 1.54) is 6.33 Å². The largest absolute Gasteiger partial charge is 0.444 e. The van der Waals surface area contributed by atoms with Gasteiger partial charge < -0.3 is 8.98 Å². The molecule has 0 fully saturated rings. The molecule has 4 rings (SSSR count). The molecule has 0 unspecified atom stereocenters. The third-order valence-electron chi connectivity index (χ3n) is 3.57. The standard InChI is InChI=1S/C17H11F2N3O/c18-13-6-15-16(7-14(13)19)22(10-20-15)8-12-9-23-17(21-12)11-4-2-1-3-5-11/h1-7,9-10H,8H2. The Hall–Kier alpha value is -3.02. The van der Waals surface area contributed by atoms with Crippen LogP contribution in [-0.4, -0.2) is 14.5 Å². The summed E-state index contributed by atoms with van der Waals surface area (Å²) in [6, 6.07) is 11.7. The second-order valence-electron chi connectivity index (χ2n) is 5.14. The number of oxazole rings is 1. The lowest BCUT2D eigenvalue weighted by molar-refractivity contribution is 0.510. The number of benzene rings is 2. The van der Waals surface area contributed by atoms with Crippen LogP contribution < -0.4 is 0 Å². The molecular weight excluding hydrogens is 300 g/mol. The number of hydrogen-bond donors (Lipinski definition) is 0. The average molecular weight is 311 g/mol. The van der Waals surface area contributed by atoms with Gasteiger partial charge in [-0.05, 0) is 12.1 Å². The Morgan fingerprint density at radius 2 is 1.83 bits per heavy atom. The molecule has 0 atom stereocenters. The number of fused-ring (bicyclic) bond motifs is 1. The maximum atomic E-state index is 13.4. The minimum absolute atomic E-state index is 0.359. The molecule has 4 aromatic rings. The van der Waals surface area contributed by atoms with Crippen LogP contribution in [0.5, 0.6) is 0 Å². The Balaban J connectivity index is 1.66. The van der Waals surface area contributed by atoms with Gasteiger partial charge in [-0.3, -0.25) is 0 Å². The van der Waals surface area contributed by atoms with Crippen LogP contribution >= 0.6 is 0 Å². The number of imidazole rings is 1. The smallest absolute Gasteiger partial charge is 0.226 e. The number of hydrogen-bond acceptors (Lipinski definition) is 3. The molecule has 0 amide bonds. The van der Waals surface area contributed by atoms with Gasteiger partial charge in [0.25, 0.3) is 0 Å². The van der Waals surface area contributed by atoms with Crippen LogP contribution in [0.15, 0.2) is 59.5 Å². The van der Waals surface area contributed by atoms with Gasteiger partial charge in [-0.2, -0.15) is 0 Å². The zero-order valence-electron chi connectivity index (χ0n) is 11.9. The topological polar surface area (TPSA) is 43.9 Å². The summed E-state index contributed by atoms with van der Waals surface area (Å²) in [4.78, 5) is 8.50. The fourth-order valence-electron chi connectivity index (χ4n) is 2.45. The molecule has 4 nitrogen and oxygen atoms in total. The van der Waals surface area contributed by atoms with Crippen molar-refractivity contribution in [2.75, 3.05) is 0 Å². The average Bonchev–Trinajstić information content (AvgIpc) is 3.18. The van der Waals surface area contributed by atoms with Gasteiger partial charge in [0.2, 0.25) is 5.89 Å². The molecule has 0 radical (unpaired) electrons. The summed E-state index contributed by atoms with van der Waals surface area (Å²) in [6.07, 6.45) is 3.08. The Kier molecular flexibility index (Phi) is 3.15. The van der Waals surface area contributed by atoms with E-state index in [0.29, 0.717) is 29.2 Å². The number of rotatable bonds is 3. The molecule has 2 aromatic carbocycles. The molecule has 114 valence electrons. The van der Waals surface area contributed by atoms with Crippen LogP contribution in [0.3, 0.4) is 0 Å². The van der Waals surface area contributed by atoms with Gasteiger partial charge in [0.1, 0.15) is 6.26 Å². The van der Waals surface area contributed by atoms with E-state index in [2.05, 4.69) is 9.97 Å². The molecule has 0 aliphatic heterocycles. The van der Waals surface area contributed by atoms with Gasteiger partial charge in [-0.15, -0.1) is 0 Å². The molecule has 0 saturated carbocycles. The fraction of sp³-hybridized carbons (Fsp3) is 0.0588. The first-order valence-corrected chi connectivity index (χ1v) is 7.00. The Morgan fingerprint density at radius 3 is 2.65 bits per heavy atom. The van der Waals surface area contributed by atoms with E-state index in [-0.39, 0.29) is 0 Å². The van der Waals surface area contributed by atoms with Crippen LogP contribution in [0, 0.1) is 11.6 Å². The second-order valence-corrected chi connectivity index (χ2v) is 5.14. The van der Waals surface area contributed by atoms with Crippen LogP contribution in [0.4, 0.5) is 8.78 Å². The molecule has 23 heavy (non-hydrogen) atoms. The van der Waals surface area contributed by atoms with Crippen molar-refractivity contribution in [1.29, 1.82) is 0 Å². The lowest BCUT2D eigenvalue weighted by Crippen LogP contribution is -1.99. The van der Waals surface area contributed by atoms with Crippen molar-refractivity contribution in [3.63, 3.8) is 0 Å². The second kappa shape index (κ2) is 5.31. The van der Waals surface area contributed by atoms with Crippen LogP contribution in [0.1, 0.15) is 5.69 Å². The van der Waals surface area contributed by atoms with E-state index >= 15 is 0 Å². The summed E-state index contributed by atoms with van der Waals surface area (Å²) in [5.74, 6) is -1.29. The van der Waals surface area contributed by atoms with Gasteiger partial charge >= 0.3 is 0 Å². The van der Waals surface area contributed by atoms with E-state index in [1.54, 1.807) is 10.8 Å². The molecule has 0 N–H and O–H groups in total. The first kappa shape index (κ1) is 13.6. The predicted octanol–water partition coefficient (Wildman–Crippen LogP) is 4.02. The normalized spacial score (nSPS) is 11.2. The Morgan fingerprint density at radius 1 is 1.04 bits per heavy atom. The van der Waals surface area contributed by atoms with Gasteiger partial charge in [0.05, 0.1) is 29.6 Å². The molecule has 0 spiro atoms. The minimum Gasteiger partial charge on any atom is -0.444 e. The highest BCUT2D eigenvalue weighted by atomic mass is 19.2. The zero-order valence-corrected chi connectivity index (χ0v) is 11.9. The predicted molar refractivity (Wildman–Crippen MR) is 80.7 cm³/mol. The monoisotopic (exact) mass is 311 g/mol. The lowest BCUT2D eigenvalue weighted by atomic mass is 10.2. The zero-order chi connectivity index (χ0) is 15.8. The molecule has 0 aliphatic rings. The van der Waals surface area contributed by atoms with Crippen molar-refractivity contribution in [3.8, 4) is 11.5 Å². The molecule has 0 saturated heterocycles. The molecule has 2 aromatic heterocycles. The SMILES string of the molecule is Fc1cc2ncn(Cc3coc(-c4ccccc4)n3)c2cc1F. The minimum atomic E-state index is -0.907. The number of halogens is 2. The lowest BCUT2D eigenvalue weighted by Gasteiger charge is -2.01. The van der Waals surface area contributed by atoms with Crippen LogP contribution in [0.2, 0.25) is 0 Å². The summed E-state index contributed by atoms with van der Waals surface area (Å²) < 4.78 is 33.8. The highest BCUT2D eigenvalue weighted by molar-refractivity contribution is 5.75. The van der Waals surface area contributed by atoms with Crippen LogP contribution in [0.25, 0.3) is 22.5 Å². The van der Waals surface area contributed by atoms with E-state index in [1.807, 2.05) is 30.3 Å². The quantitative estimate of drug-likeness (QED) is 0.574. The van der Waals surface area contributed by atoms with Crippen molar-refractivity contribution < 1.29 is 13.2 Å². The molecule has 0 aliphatic carbocycles. The third kappa shape index (κ3) is 2.48. The summed E-state index contributed by atoms with van der Waals surface area (Å²) in [5, 5.41) is 0. The number of aromatic nitrogens is 3. The van der Waals surface area contributed by atoms with E-state index in [4.69, 9.17) is 4.42 Å². The van der Waals surface area contributed by atoms with E-state index < -0.39 is 11.6 Å². The fourth-order valence-corrected chi connectivity index (χ4v) is 2.45. The van der Waals surface area contributed by atoms with Crippen molar-refractivity contribution >= 4 is 11.0 Å².